The van der Waals surface area contributed by atoms with Crippen LogP contribution in [0.15, 0.2) is 173 Å². The first kappa shape index (κ1) is 67.4. The van der Waals surface area contributed by atoms with Gasteiger partial charge in [-0.3, -0.25) is 10.6 Å². The van der Waals surface area contributed by atoms with Crippen LogP contribution in [0.4, 0.5) is 32.3 Å². The van der Waals surface area contributed by atoms with Crippen LogP contribution >= 0.6 is 47.1 Å². The Bertz CT molecular complexity index is 3860. The van der Waals surface area contributed by atoms with E-state index in [2.05, 4.69) is 63.1 Å². The van der Waals surface area contributed by atoms with Gasteiger partial charge in [0.05, 0.1) is 43.5 Å². The summed E-state index contributed by atoms with van der Waals surface area (Å²) in [6.07, 6.45) is 1.83. The summed E-state index contributed by atoms with van der Waals surface area (Å²) >= 11 is 12.6. The highest BCUT2D eigenvalue weighted by atomic mass is 32.2. The van der Waals surface area contributed by atoms with Gasteiger partial charge in [0, 0.05) is 75.0 Å². The molecule has 8 N–H and O–H groups in total. The van der Waals surface area contributed by atoms with E-state index in [1.807, 2.05) is 84.9 Å². The van der Waals surface area contributed by atoms with Gasteiger partial charge in [0.15, 0.2) is 5.11 Å². The van der Waals surface area contributed by atoms with Crippen molar-refractivity contribution in [1.82, 2.24) is 24.7 Å². The summed E-state index contributed by atoms with van der Waals surface area (Å²) in [5, 5.41) is 15.7. The van der Waals surface area contributed by atoms with Crippen molar-refractivity contribution in [2.24, 2.45) is 4.99 Å². The number of amides is 2. The van der Waals surface area contributed by atoms with Crippen LogP contribution in [0.1, 0.15) is 80.4 Å². The molecule has 0 unspecified atom stereocenters. The van der Waals surface area contributed by atoms with Gasteiger partial charge in [-0.25, -0.2) is 50.8 Å². The molecular weight excluding hydrogens is 1210 g/mol. The molecule has 0 bridgehead atoms. The molecule has 18 nitrogen and oxygen atoms in total. The molecule has 0 fully saturated rings. The molecule has 0 aliphatic carbocycles. The number of nitrogens with two attached hydrogens (primary N) is 1. The van der Waals surface area contributed by atoms with Gasteiger partial charge in [0.1, 0.15) is 10.0 Å². The fourth-order valence-electron chi connectivity index (χ4n) is 7.75. The molecule has 0 saturated heterocycles. The van der Waals surface area contributed by atoms with E-state index in [-0.39, 0.29) is 22.0 Å². The van der Waals surface area contributed by atoms with Crippen LogP contribution < -0.4 is 36.4 Å². The van der Waals surface area contributed by atoms with E-state index in [0.717, 1.165) is 16.7 Å². The van der Waals surface area contributed by atoms with Crippen molar-refractivity contribution in [3.63, 3.8) is 0 Å². The van der Waals surface area contributed by atoms with Gasteiger partial charge in [-0.05, 0) is 178 Å². The second-order valence-corrected chi connectivity index (χ2v) is 27.7. The molecule has 0 spiro atoms. The topological polar surface area (TPSA) is 257 Å². The van der Waals surface area contributed by atoms with Crippen molar-refractivity contribution in [3.05, 3.63) is 169 Å². The monoisotopic (exact) mass is 1270 g/mol. The quantitative estimate of drug-likeness (QED) is 0.0254. The molecule has 8 aromatic rings. The van der Waals surface area contributed by atoms with Crippen LogP contribution in [0.5, 0.6) is 0 Å². The minimum absolute atomic E-state index is 0.107. The number of sulfonamides is 2. The Labute approximate surface area is 522 Å². The maximum atomic E-state index is 13.6. The lowest BCUT2D eigenvalue weighted by Crippen LogP contribution is -2.40. The molecule has 0 aliphatic rings. The highest BCUT2D eigenvalue weighted by Gasteiger charge is 2.28. The largest absolute Gasteiger partial charge is 0.447 e. The fraction of sp³-hybridized carbons (Fsp3) is 0.258. The molecule has 0 atom stereocenters. The predicted molar refractivity (Wildman–Crippen MR) is 356 cm³/mol. The SMILES string of the molecule is CC(C)OC(=O)Nc1ccc(-c2ncc(-c3ccc(N)cc3S(=O)(=O)NC(C)(C)C)s2)cc1.CC(C)OC(=O)Nc1ccc(-c2ncc(-c3ccc(NC(=S)NCc4ccccc4)cc3S(=O)(=O)NC(C)(C)C)s2)cc1.S=C=NCc1ccccc1. The van der Waals surface area contributed by atoms with Crippen molar-refractivity contribution in [1.29, 1.82) is 0 Å². The summed E-state index contributed by atoms with van der Waals surface area (Å²) in [6, 6.07) is 44.1. The van der Waals surface area contributed by atoms with E-state index in [0.29, 0.717) is 71.8 Å². The molecule has 86 heavy (non-hydrogen) atoms. The summed E-state index contributed by atoms with van der Waals surface area (Å²) < 4.78 is 68.9. The number of thiocarbonyl (C=S) groups is 2. The molecule has 0 radical (unpaired) electrons. The van der Waals surface area contributed by atoms with Gasteiger partial charge >= 0.3 is 12.2 Å². The first-order valence-corrected chi connectivity index (χ1v) is 32.3. The van der Waals surface area contributed by atoms with Gasteiger partial charge < -0.3 is 25.8 Å². The summed E-state index contributed by atoms with van der Waals surface area (Å²) in [4.78, 5) is 38.1. The van der Waals surface area contributed by atoms with Crippen molar-refractivity contribution in [3.8, 4) is 42.0 Å². The average molecular weight is 1280 g/mol. The lowest BCUT2D eigenvalue weighted by Gasteiger charge is -2.22. The molecule has 452 valence electrons. The van der Waals surface area contributed by atoms with Crippen molar-refractivity contribution in [2.75, 3.05) is 21.7 Å². The number of carbonyl (C=O) groups excluding carboxylic acids is 2. The van der Waals surface area contributed by atoms with Gasteiger partial charge in [-0.2, -0.15) is 0 Å². The lowest BCUT2D eigenvalue weighted by molar-refractivity contribution is 0.129. The summed E-state index contributed by atoms with van der Waals surface area (Å²) in [7, 11) is -7.72. The number of nitrogens with one attached hydrogen (secondary N) is 6. The van der Waals surface area contributed by atoms with E-state index in [1.54, 1.807) is 136 Å². The summed E-state index contributed by atoms with van der Waals surface area (Å²) in [5.41, 5.74) is 11.6. The van der Waals surface area contributed by atoms with Crippen LogP contribution in [-0.4, -0.2) is 72.5 Å². The first-order valence-electron chi connectivity index (χ1n) is 26.9. The third kappa shape index (κ3) is 21.6. The average Bonchev–Trinajstić information content (AvgIpc) is 2.59. The number of ether oxygens (including phenoxy) is 2. The number of rotatable bonds is 17. The van der Waals surface area contributed by atoms with Crippen LogP contribution in [0.3, 0.4) is 0 Å². The highest BCUT2D eigenvalue weighted by Crippen LogP contribution is 2.39. The maximum Gasteiger partial charge on any atom is 0.411 e. The number of nitrogen functional groups attached to an aromatic ring is 1. The number of anilines is 4. The van der Waals surface area contributed by atoms with E-state index in [1.165, 1.54) is 34.3 Å². The number of isothiocyanates is 1. The molecule has 8 rings (SSSR count). The zero-order valence-electron chi connectivity index (χ0n) is 49.2. The number of hydrogen-bond acceptors (Lipinski definition) is 16. The Kier molecular flexibility index (Phi) is 23.9. The smallest absolute Gasteiger partial charge is 0.411 e. The number of nitrogens with zero attached hydrogens (tertiary/aromatic N) is 3. The van der Waals surface area contributed by atoms with Crippen molar-refractivity contribution >= 4 is 112 Å². The molecule has 24 heteroatoms. The molecule has 2 amide bonds. The second kappa shape index (κ2) is 30.5. The van der Waals surface area contributed by atoms with Crippen molar-refractivity contribution in [2.45, 2.75) is 115 Å². The van der Waals surface area contributed by atoms with Crippen molar-refractivity contribution < 1.29 is 35.9 Å². The number of hydrogen-bond donors (Lipinski definition) is 7. The van der Waals surface area contributed by atoms with E-state index >= 15 is 0 Å². The first-order chi connectivity index (χ1) is 40.6. The standard InChI is InChI=1S/C31H35N5O4S3.C23H28N4O4S2.C8H7NS/c1-20(2)40-30(37)35-23-13-11-22(12-14-23)28-32-19-26(42-28)25-16-15-24(17-27(25)43(38,39)36-31(3,4)5)34-29(41)33-18-21-9-7-6-8-10-21;1-14(2)31-22(28)26-17-9-6-15(7-10-17)21-25-13-19(32-21)18-11-8-16(24)12-20(18)33(29,30)27-23(3,4)5;10-7-9-6-8-4-2-1-3-5-8/h6-17,19-20,36H,18H2,1-5H3,(H,35,37)(H2,33,34,41);6-14,27H,24H2,1-5H3,(H,26,28);1-5H,6H2. The minimum Gasteiger partial charge on any atom is -0.447 e. The summed E-state index contributed by atoms with van der Waals surface area (Å²) in [5.74, 6) is 0. The van der Waals surface area contributed by atoms with Gasteiger partial charge in [0.2, 0.25) is 20.0 Å². The Balaban J connectivity index is 0.000000242. The Morgan fingerprint density at radius 2 is 1.01 bits per heavy atom. The molecule has 0 saturated carbocycles. The van der Waals surface area contributed by atoms with E-state index in [4.69, 9.17) is 27.4 Å². The van der Waals surface area contributed by atoms with Crippen LogP contribution in [-0.2, 0) is 42.6 Å². The number of aromatic nitrogens is 2. The van der Waals surface area contributed by atoms with Crippen LogP contribution in [0.2, 0.25) is 0 Å². The van der Waals surface area contributed by atoms with E-state index in [9.17, 15) is 26.4 Å². The number of carbonyl (C=O) groups is 2. The Morgan fingerprint density at radius 3 is 1.44 bits per heavy atom. The predicted octanol–water partition coefficient (Wildman–Crippen LogP) is 14.4. The minimum atomic E-state index is -3.92. The molecular formula is C62H70N10O8S6. The third-order valence-corrected chi connectivity index (χ3v) is 17.3. The highest BCUT2D eigenvalue weighted by molar-refractivity contribution is 7.90. The van der Waals surface area contributed by atoms with Crippen LogP contribution in [0.25, 0.3) is 42.0 Å². The molecule has 6 aromatic carbocycles. The fourth-order valence-corrected chi connectivity index (χ4v) is 13.4. The van der Waals surface area contributed by atoms with Crippen LogP contribution in [0, 0.1) is 0 Å². The Hall–Kier alpha value is -7.77. The molecule has 0 aliphatic heterocycles. The number of benzene rings is 6. The third-order valence-electron chi connectivity index (χ3n) is 11.2. The van der Waals surface area contributed by atoms with Gasteiger partial charge in [0.25, 0.3) is 0 Å². The Morgan fingerprint density at radius 1 is 0.593 bits per heavy atom. The maximum absolute atomic E-state index is 13.6. The number of aliphatic imine (C=N–C) groups is 1. The zero-order chi connectivity index (χ0) is 62.8. The second-order valence-electron chi connectivity index (χ2n) is 21.7. The lowest BCUT2D eigenvalue weighted by atomic mass is 10.1. The zero-order valence-corrected chi connectivity index (χ0v) is 54.1. The number of thiazole rings is 2. The van der Waals surface area contributed by atoms with E-state index < -0.39 is 43.3 Å². The summed E-state index contributed by atoms with van der Waals surface area (Å²) in [6.45, 7) is 19.0. The normalized spacial score (nSPS) is 11.4. The van der Waals surface area contributed by atoms with Gasteiger partial charge in [-0.15, -0.1) is 22.7 Å². The van der Waals surface area contributed by atoms with Gasteiger partial charge in [-0.1, -0.05) is 72.8 Å². The molecule has 2 heterocycles. The molecule has 2 aromatic heterocycles.